The van der Waals surface area contributed by atoms with Gasteiger partial charge in [0.25, 0.3) is 0 Å². The van der Waals surface area contributed by atoms with E-state index in [0.717, 1.165) is 12.8 Å². The number of hydrogen-bond acceptors (Lipinski definition) is 3. The van der Waals surface area contributed by atoms with Crippen LogP contribution in [-0.4, -0.2) is 17.8 Å². The molecule has 1 aromatic rings. The maximum Gasteiger partial charge on any atom is 0.147 e. The van der Waals surface area contributed by atoms with Crippen molar-refractivity contribution in [1.82, 2.24) is 5.32 Å². The van der Waals surface area contributed by atoms with Gasteiger partial charge in [-0.25, -0.2) is 4.39 Å². The highest BCUT2D eigenvalue weighted by Gasteiger charge is 2.25. The molecule has 0 spiro atoms. The maximum atomic E-state index is 13.4. The van der Waals surface area contributed by atoms with Crippen LogP contribution in [0.15, 0.2) is 12.1 Å². The third-order valence-electron chi connectivity index (χ3n) is 2.70. The molecule has 6 heteroatoms. The number of hydrogen-bond donors (Lipinski definition) is 3. The molecule has 96 valence electrons. The van der Waals surface area contributed by atoms with Crippen molar-refractivity contribution in [1.29, 1.82) is 0 Å². The Morgan fingerprint density at radius 3 is 2.65 bits per heavy atom. The van der Waals surface area contributed by atoms with E-state index in [1.165, 1.54) is 6.07 Å². The van der Waals surface area contributed by atoms with Gasteiger partial charge in [0.15, 0.2) is 0 Å². The van der Waals surface area contributed by atoms with Gasteiger partial charge in [-0.15, -0.1) is 12.4 Å². The van der Waals surface area contributed by atoms with Crippen molar-refractivity contribution in [3.63, 3.8) is 0 Å². The van der Waals surface area contributed by atoms with Gasteiger partial charge in [-0.05, 0) is 30.5 Å². The molecule has 4 N–H and O–H groups in total. The monoisotopic (exact) mass is 280 g/mol. The molecule has 2 rings (SSSR count). The van der Waals surface area contributed by atoms with Crippen LogP contribution in [0.3, 0.4) is 0 Å². The van der Waals surface area contributed by atoms with Gasteiger partial charge in [-0.3, -0.25) is 0 Å². The van der Waals surface area contributed by atoms with Crippen molar-refractivity contribution >= 4 is 29.7 Å². The first-order valence-electron chi connectivity index (χ1n) is 5.23. The molecular formula is C11H15Cl2FN2O. The SMILES string of the molecule is Cl.Nc1c(F)cc(C(CO)NC2CC2)cc1Cl. The number of nitrogens with two attached hydrogens (primary N) is 1. The summed E-state index contributed by atoms with van der Waals surface area (Å²) < 4.78 is 13.4. The molecule has 1 aromatic carbocycles. The topological polar surface area (TPSA) is 58.3 Å². The van der Waals surface area contributed by atoms with E-state index in [2.05, 4.69) is 5.32 Å². The Balaban J connectivity index is 0.00000144. The van der Waals surface area contributed by atoms with Crippen molar-refractivity contribution in [3.05, 3.63) is 28.5 Å². The van der Waals surface area contributed by atoms with E-state index in [1.54, 1.807) is 6.07 Å². The predicted molar refractivity (Wildman–Crippen MR) is 69.1 cm³/mol. The molecule has 1 saturated carbocycles. The lowest BCUT2D eigenvalue weighted by atomic mass is 10.1. The van der Waals surface area contributed by atoms with Crippen LogP contribution in [0.4, 0.5) is 10.1 Å². The van der Waals surface area contributed by atoms with Crippen LogP contribution < -0.4 is 11.1 Å². The summed E-state index contributed by atoms with van der Waals surface area (Å²) in [5.74, 6) is -0.543. The first-order chi connectivity index (χ1) is 7.61. The molecule has 0 heterocycles. The summed E-state index contributed by atoms with van der Waals surface area (Å²) in [6, 6.07) is 3.06. The molecule has 3 nitrogen and oxygen atoms in total. The Morgan fingerprint density at radius 1 is 1.53 bits per heavy atom. The average molecular weight is 281 g/mol. The van der Waals surface area contributed by atoms with Crippen LogP contribution in [0.1, 0.15) is 24.4 Å². The first kappa shape index (κ1) is 14.5. The second-order valence-corrected chi connectivity index (χ2v) is 4.48. The third-order valence-corrected chi connectivity index (χ3v) is 3.01. The van der Waals surface area contributed by atoms with E-state index in [1.807, 2.05) is 0 Å². The van der Waals surface area contributed by atoms with Crippen molar-refractivity contribution in [2.24, 2.45) is 0 Å². The highest BCUT2D eigenvalue weighted by Crippen LogP contribution is 2.29. The molecule has 0 aliphatic heterocycles. The Kier molecular flexibility index (Phi) is 5.01. The number of benzene rings is 1. The molecule has 0 radical (unpaired) electrons. The third kappa shape index (κ3) is 3.45. The van der Waals surface area contributed by atoms with E-state index in [-0.39, 0.29) is 35.8 Å². The predicted octanol–water partition coefficient (Wildman–Crippen LogP) is 2.27. The minimum absolute atomic E-state index is 0. The summed E-state index contributed by atoms with van der Waals surface area (Å²) in [6.07, 6.45) is 2.20. The number of nitrogen functional groups attached to an aromatic ring is 1. The van der Waals surface area contributed by atoms with Gasteiger partial charge in [0, 0.05) is 6.04 Å². The molecule has 0 aromatic heterocycles. The highest BCUT2D eigenvalue weighted by molar-refractivity contribution is 6.33. The molecule has 1 aliphatic rings. The molecular weight excluding hydrogens is 266 g/mol. The summed E-state index contributed by atoms with van der Waals surface area (Å²) in [6.45, 7) is -0.0871. The minimum Gasteiger partial charge on any atom is -0.395 e. The Bertz CT molecular complexity index is 376. The highest BCUT2D eigenvalue weighted by atomic mass is 35.5. The van der Waals surface area contributed by atoms with E-state index >= 15 is 0 Å². The van der Waals surface area contributed by atoms with Crippen LogP contribution in [-0.2, 0) is 0 Å². The van der Waals surface area contributed by atoms with Crippen LogP contribution in [0, 0.1) is 5.82 Å². The van der Waals surface area contributed by atoms with Crippen LogP contribution in [0.2, 0.25) is 5.02 Å². The Morgan fingerprint density at radius 2 is 2.18 bits per heavy atom. The number of rotatable bonds is 4. The summed E-state index contributed by atoms with van der Waals surface area (Å²) in [5, 5.41) is 12.6. The number of aliphatic hydroxyl groups is 1. The van der Waals surface area contributed by atoms with Crippen LogP contribution >= 0.6 is 24.0 Å². The van der Waals surface area contributed by atoms with Crippen molar-refractivity contribution < 1.29 is 9.50 Å². The quantitative estimate of drug-likeness (QED) is 0.742. The van der Waals surface area contributed by atoms with E-state index in [9.17, 15) is 9.50 Å². The van der Waals surface area contributed by atoms with Gasteiger partial charge in [-0.2, -0.15) is 0 Å². The Labute approximate surface area is 111 Å². The normalized spacial score (nSPS) is 16.4. The zero-order valence-electron chi connectivity index (χ0n) is 9.12. The second kappa shape index (κ2) is 5.87. The lowest BCUT2D eigenvalue weighted by molar-refractivity contribution is 0.243. The lowest BCUT2D eigenvalue weighted by Gasteiger charge is -2.17. The largest absolute Gasteiger partial charge is 0.395 e. The van der Waals surface area contributed by atoms with Gasteiger partial charge < -0.3 is 16.2 Å². The summed E-state index contributed by atoms with van der Waals surface area (Å²) in [4.78, 5) is 0. The van der Waals surface area contributed by atoms with Crippen molar-refractivity contribution in [3.8, 4) is 0 Å². The Hall–Kier alpha value is -0.550. The summed E-state index contributed by atoms with van der Waals surface area (Å²) >= 11 is 5.80. The van der Waals surface area contributed by atoms with E-state index in [4.69, 9.17) is 17.3 Å². The molecule has 17 heavy (non-hydrogen) atoms. The standard InChI is InChI=1S/C11H14ClFN2O.ClH/c12-8-3-6(4-9(13)11(8)14)10(5-16)15-7-1-2-7;/h3-4,7,10,15-16H,1-2,5,14H2;1H. The molecule has 1 atom stereocenters. The van der Waals surface area contributed by atoms with Crippen molar-refractivity contribution in [2.75, 3.05) is 12.3 Å². The molecule has 0 bridgehead atoms. The molecule has 0 saturated heterocycles. The zero-order valence-corrected chi connectivity index (χ0v) is 10.7. The zero-order chi connectivity index (χ0) is 11.7. The fourth-order valence-corrected chi connectivity index (χ4v) is 1.81. The summed E-state index contributed by atoms with van der Waals surface area (Å²) in [5.41, 5.74) is 6.00. The maximum absolute atomic E-state index is 13.4. The van der Waals surface area contributed by atoms with Crippen molar-refractivity contribution in [2.45, 2.75) is 24.9 Å². The molecule has 1 aliphatic carbocycles. The van der Waals surface area contributed by atoms with Gasteiger partial charge in [0.05, 0.1) is 23.4 Å². The fraction of sp³-hybridized carbons (Fsp3) is 0.455. The fourth-order valence-electron chi connectivity index (χ4n) is 1.59. The van der Waals surface area contributed by atoms with Gasteiger partial charge >= 0.3 is 0 Å². The molecule has 0 amide bonds. The van der Waals surface area contributed by atoms with E-state index < -0.39 is 5.82 Å². The van der Waals surface area contributed by atoms with E-state index in [0.29, 0.717) is 11.6 Å². The second-order valence-electron chi connectivity index (χ2n) is 4.07. The van der Waals surface area contributed by atoms with Gasteiger partial charge in [0.1, 0.15) is 5.82 Å². The van der Waals surface area contributed by atoms with Crippen LogP contribution in [0.5, 0.6) is 0 Å². The number of anilines is 1. The smallest absolute Gasteiger partial charge is 0.147 e. The van der Waals surface area contributed by atoms with Gasteiger partial charge in [-0.1, -0.05) is 11.6 Å². The van der Waals surface area contributed by atoms with Crippen LogP contribution in [0.25, 0.3) is 0 Å². The minimum atomic E-state index is -0.543. The number of nitrogens with one attached hydrogen (secondary N) is 1. The van der Waals surface area contributed by atoms with Gasteiger partial charge in [0.2, 0.25) is 0 Å². The number of halogens is 3. The average Bonchev–Trinajstić information content (AvgIpc) is 3.05. The molecule has 1 fully saturated rings. The number of aliphatic hydroxyl groups excluding tert-OH is 1. The lowest BCUT2D eigenvalue weighted by Crippen LogP contribution is -2.26. The molecule has 1 unspecified atom stereocenters. The summed E-state index contributed by atoms with van der Waals surface area (Å²) in [7, 11) is 0. The first-order valence-corrected chi connectivity index (χ1v) is 5.61.